The quantitative estimate of drug-likeness (QED) is 0.743. The third-order valence-electron chi connectivity index (χ3n) is 3.06. The van der Waals surface area contributed by atoms with Crippen LogP contribution in [0.2, 0.25) is 0 Å². The van der Waals surface area contributed by atoms with Crippen LogP contribution in [0, 0.1) is 0 Å². The molecule has 0 spiro atoms. The molecule has 0 aromatic heterocycles. The average Bonchev–Trinajstić information content (AvgIpc) is 2.29. The van der Waals surface area contributed by atoms with Crippen LogP contribution >= 0.6 is 12.6 Å². The molecule has 1 unspecified atom stereocenters. The zero-order valence-corrected chi connectivity index (χ0v) is 11.5. The summed E-state index contributed by atoms with van der Waals surface area (Å²) in [4.78, 5) is 2.31. The van der Waals surface area contributed by atoms with Crippen LogP contribution in [0.15, 0.2) is 30.3 Å². The second-order valence-corrected chi connectivity index (χ2v) is 5.34. The predicted octanol–water partition coefficient (Wildman–Crippen LogP) is 3.26. The zero-order valence-electron chi connectivity index (χ0n) is 10.6. The first-order valence-corrected chi connectivity index (χ1v) is 6.53. The molecule has 0 bridgehead atoms. The number of rotatable bonds is 6. The summed E-state index contributed by atoms with van der Waals surface area (Å²) in [7, 11) is 4.31. The second-order valence-electron chi connectivity index (χ2n) is 4.60. The van der Waals surface area contributed by atoms with Crippen LogP contribution in [-0.2, 0) is 6.42 Å². The third-order valence-corrected chi connectivity index (χ3v) is 3.64. The Morgan fingerprint density at radius 1 is 1.19 bits per heavy atom. The Morgan fingerprint density at radius 2 is 1.81 bits per heavy atom. The van der Waals surface area contributed by atoms with Gasteiger partial charge in [0, 0.05) is 11.3 Å². The molecule has 0 amide bonds. The molecule has 0 fully saturated rings. The number of thiol groups is 1. The van der Waals surface area contributed by atoms with Crippen molar-refractivity contribution in [3.05, 3.63) is 35.9 Å². The van der Waals surface area contributed by atoms with Crippen molar-refractivity contribution in [3.63, 3.8) is 0 Å². The van der Waals surface area contributed by atoms with E-state index in [1.54, 1.807) is 0 Å². The highest BCUT2D eigenvalue weighted by molar-refractivity contribution is 7.80. The van der Waals surface area contributed by atoms with Crippen LogP contribution in [0.4, 0.5) is 0 Å². The van der Waals surface area contributed by atoms with Gasteiger partial charge in [-0.05, 0) is 38.9 Å². The number of hydrogen-bond acceptors (Lipinski definition) is 2. The van der Waals surface area contributed by atoms with Gasteiger partial charge in [-0.2, -0.15) is 12.6 Å². The summed E-state index contributed by atoms with van der Waals surface area (Å²) in [6.45, 7) is 2.20. The van der Waals surface area contributed by atoms with Crippen molar-refractivity contribution in [1.82, 2.24) is 4.90 Å². The maximum absolute atomic E-state index is 4.60. The monoisotopic (exact) mass is 237 g/mol. The molecule has 90 valence electrons. The Balaban J connectivity index is 2.58. The van der Waals surface area contributed by atoms with Gasteiger partial charge in [0.2, 0.25) is 0 Å². The van der Waals surface area contributed by atoms with E-state index in [-0.39, 0.29) is 0 Å². The Morgan fingerprint density at radius 3 is 2.31 bits per heavy atom. The zero-order chi connectivity index (χ0) is 12.0. The van der Waals surface area contributed by atoms with Gasteiger partial charge in [0.25, 0.3) is 0 Å². The van der Waals surface area contributed by atoms with E-state index in [1.165, 1.54) is 5.56 Å². The Labute approximate surface area is 105 Å². The van der Waals surface area contributed by atoms with Gasteiger partial charge in [0.15, 0.2) is 0 Å². The van der Waals surface area contributed by atoms with Gasteiger partial charge in [-0.25, -0.2) is 0 Å². The van der Waals surface area contributed by atoms with Gasteiger partial charge >= 0.3 is 0 Å². The van der Waals surface area contributed by atoms with Gasteiger partial charge in [-0.1, -0.05) is 37.3 Å². The minimum atomic E-state index is 0.510. The molecule has 0 saturated heterocycles. The first kappa shape index (κ1) is 13.6. The third kappa shape index (κ3) is 4.58. The minimum Gasteiger partial charge on any atom is -0.306 e. The normalized spacial score (nSPS) is 15.1. The molecule has 0 heterocycles. The lowest BCUT2D eigenvalue weighted by molar-refractivity contribution is 0.274. The van der Waals surface area contributed by atoms with Crippen molar-refractivity contribution in [2.24, 2.45) is 0 Å². The lowest BCUT2D eigenvalue weighted by atomic mass is 10.00. The van der Waals surface area contributed by atoms with Crippen molar-refractivity contribution < 1.29 is 0 Å². The van der Waals surface area contributed by atoms with E-state index in [0.29, 0.717) is 11.3 Å². The van der Waals surface area contributed by atoms with Crippen molar-refractivity contribution in [2.75, 3.05) is 14.1 Å². The summed E-state index contributed by atoms with van der Waals surface area (Å²) in [5.74, 6) is 0. The minimum absolute atomic E-state index is 0.510. The van der Waals surface area contributed by atoms with Gasteiger partial charge in [-0.3, -0.25) is 0 Å². The summed E-state index contributed by atoms with van der Waals surface area (Å²) in [5, 5.41) is 0.510. The molecule has 0 saturated carbocycles. The maximum Gasteiger partial charge on any atom is 0.0140 e. The fraction of sp³-hybridized carbons (Fsp3) is 0.571. The van der Waals surface area contributed by atoms with Crippen LogP contribution < -0.4 is 0 Å². The average molecular weight is 237 g/mol. The van der Waals surface area contributed by atoms with E-state index in [9.17, 15) is 0 Å². The number of nitrogens with zero attached hydrogens (tertiary/aromatic N) is 1. The lowest BCUT2D eigenvalue weighted by Gasteiger charge is -2.26. The molecule has 0 radical (unpaired) electrons. The topological polar surface area (TPSA) is 3.24 Å². The van der Waals surface area contributed by atoms with E-state index < -0.39 is 0 Å². The SMILES string of the molecule is CC[C@H](S)CC(Cc1ccccc1)N(C)C. The van der Waals surface area contributed by atoms with Crippen molar-refractivity contribution in [1.29, 1.82) is 0 Å². The molecule has 1 aromatic rings. The Hall–Kier alpha value is -0.470. The highest BCUT2D eigenvalue weighted by atomic mass is 32.1. The van der Waals surface area contributed by atoms with Crippen LogP contribution in [0.3, 0.4) is 0 Å². The molecule has 0 aliphatic heterocycles. The van der Waals surface area contributed by atoms with Crippen LogP contribution in [0.25, 0.3) is 0 Å². The van der Waals surface area contributed by atoms with Gasteiger partial charge in [-0.15, -0.1) is 0 Å². The van der Waals surface area contributed by atoms with Crippen molar-refractivity contribution in [2.45, 2.75) is 37.5 Å². The smallest absolute Gasteiger partial charge is 0.0140 e. The summed E-state index contributed by atoms with van der Waals surface area (Å²) < 4.78 is 0. The highest BCUT2D eigenvalue weighted by Gasteiger charge is 2.15. The van der Waals surface area contributed by atoms with E-state index in [1.807, 2.05) is 0 Å². The molecule has 16 heavy (non-hydrogen) atoms. The fourth-order valence-electron chi connectivity index (χ4n) is 1.84. The number of hydrogen-bond donors (Lipinski definition) is 1. The lowest BCUT2D eigenvalue weighted by Crippen LogP contribution is -2.32. The summed E-state index contributed by atoms with van der Waals surface area (Å²) in [5.41, 5.74) is 1.41. The van der Waals surface area contributed by atoms with E-state index in [2.05, 4.69) is 68.9 Å². The van der Waals surface area contributed by atoms with E-state index in [4.69, 9.17) is 0 Å². The van der Waals surface area contributed by atoms with Gasteiger partial charge in [0.05, 0.1) is 0 Å². The molecular weight excluding hydrogens is 214 g/mol. The number of likely N-dealkylation sites (N-methyl/N-ethyl adjacent to an activating group) is 1. The van der Waals surface area contributed by atoms with Crippen LogP contribution in [0.5, 0.6) is 0 Å². The van der Waals surface area contributed by atoms with Gasteiger partial charge in [0.1, 0.15) is 0 Å². The molecule has 1 aromatic carbocycles. The second kappa shape index (κ2) is 6.97. The Kier molecular flexibility index (Phi) is 5.93. The van der Waals surface area contributed by atoms with E-state index in [0.717, 1.165) is 19.3 Å². The highest BCUT2D eigenvalue weighted by Crippen LogP contribution is 2.16. The molecule has 0 aliphatic carbocycles. The predicted molar refractivity (Wildman–Crippen MR) is 75.3 cm³/mol. The van der Waals surface area contributed by atoms with Crippen molar-refractivity contribution in [3.8, 4) is 0 Å². The standard InChI is InChI=1S/C14H23NS/c1-4-14(16)11-13(15(2)3)10-12-8-6-5-7-9-12/h5-9,13-14,16H,4,10-11H2,1-3H3/t13?,14-/m0/s1. The summed E-state index contributed by atoms with van der Waals surface area (Å²) in [6.07, 6.45) is 3.41. The van der Waals surface area contributed by atoms with E-state index >= 15 is 0 Å². The molecule has 2 atom stereocenters. The molecule has 0 N–H and O–H groups in total. The summed E-state index contributed by atoms with van der Waals surface area (Å²) in [6, 6.07) is 11.3. The molecule has 1 rings (SSSR count). The first-order chi connectivity index (χ1) is 7.63. The molecule has 2 heteroatoms. The van der Waals surface area contributed by atoms with Crippen LogP contribution in [0.1, 0.15) is 25.3 Å². The van der Waals surface area contributed by atoms with Crippen LogP contribution in [-0.4, -0.2) is 30.3 Å². The number of benzene rings is 1. The molecular formula is C14H23NS. The fourth-order valence-corrected chi connectivity index (χ4v) is 2.09. The van der Waals surface area contributed by atoms with Crippen molar-refractivity contribution >= 4 is 12.6 Å². The molecule has 1 nitrogen and oxygen atoms in total. The largest absolute Gasteiger partial charge is 0.306 e. The first-order valence-electron chi connectivity index (χ1n) is 6.02. The maximum atomic E-state index is 4.60. The Bertz CT molecular complexity index is 284. The van der Waals surface area contributed by atoms with Gasteiger partial charge < -0.3 is 4.90 Å². The summed E-state index contributed by atoms with van der Waals surface area (Å²) >= 11 is 4.60. The molecule has 0 aliphatic rings.